The number of unbranched alkanes of at least 4 members (excludes halogenated alkanes) is 3. The van der Waals surface area contributed by atoms with Crippen molar-refractivity contribution in [1.29, 1.82) is 0 Å². The lowest BCUT2D eigenvalue weighted by Gasteiger charge is -2.13. The number of carbonyl (C=O) groups is 1. The van der Waals surface area contributed by atoms with Crippen LogP contribution >= 0.6 is 0 Å². The highest BCUT2D eigenvalue weighted by Gasteiger charge is 2.12. The van der Waals surface area contributed by atoms with Crippen molar-refractivity contribution in [2.45, 2.75) is 70.5 Å². The fourth-order valence-corrected chi connectivity index (χ4v) is 2.03. The molecule has 4 heteroatoms. The van der Waals surface area contributed by atoms with E-state index in [0.717, 1.165) is 12.8 Å². The molecule has 0 saturated heterocycles. The van der Waals surface area contributed by atoms with Gasteiger partial charge in [-0.05, 0) is 32.1 Å². The SMILES string of the molecule is CCCCC/C=C/C/C=C/C=C/C=C\[C@@H](O)[C@@H](O)CCCC(=O)O. The normalized spacial score (nSPS) is 15.1. The summed E-state index contributed by atoms with van der Waals surface area (Å²) in [6, 6.07) is 0. The van der Waals surface area contributed by atoms with Gasteiger partial charge in [-0.3, -0.25) is 4.79 Å². The second kappa shape index (κ2) is 16.2. The van der Waals surface area contributed by atoms with Crippen LogP contribution in [0.2, 0.25) is 0 Å². The van der Waals surface area contributed by atoms with Crippen molar-refractivity contribution in [2.24, 2.45) is 0 Å². The first-order valence-corrected chi connectivity index (χ1v) is 8.80. The lowest BCUT2D eigenvalue weighted by Crippen LogP contribution is -2.23. The molecule has 0 unspecified atom stereocenters. The molecule has 0 aliphatic heterocycles. The zero-order valence-electron chi connectivity index (χ0n) is 14.7. The molecule has 0 aromatic carbocycles. The third-order valence-electron chi connectivity index (χ3n) is 3.48. The van der Waals surface area contributed by atoms with Crippen molar-refractivity contribution in [1.82, 2.24) is 0 Å². The van der Waals surface area contributed by atoms with E-state index in [2.05, 4.69) is 25.2 Å². The molecule has 0 spiro atoms. The van der Waals surface area contributed by atoms with Gasteiger partial charge in [0, 0.05) is 6.42 Å². The number of allylic oxidation sites excluding steroid dienone is 7. The Kier molecular flexibility index (Phi) is 15.1. The maximum absolute atomic E-state index is 10.4. The van der Waals surface area contributed by atoms with Gasteiger partial charge in [0.2, 0.25) is 0 Å². The number of hydrogen-bond acceptors (Lipinski definition) is 3. The van der Waals surface area contributed by atoms with Crippen LogP contribution in [0.3, 0.4) is 0 Å². The van der Waals surface area contributed by atoms with Crippen LogP contribution in [0, 0.1) is 0 Å². The van der Waals surface area contributed by atoms with E-state index in [0.29, 0.717) is 6.42 Å². The predicted molar refractivity (Wildman–Crippen MR) is 98.8 cm³/mol. The van der Waals surface area contributed by atoms with Gasteiger partial charge in [0.05, 0.1) is 12.2 Å². The van der Waals surface area contributed by atoms with Crippen molar-refractivity contribution >= 4 is 5.97 Å². The van der Waals surface area contributed by atoms with Crippen molar-refractivity contribution in [2.75, 3.05) is 0 Å². The molecule has 2 atom stereocenters. The summed E-state index contributed by atoms with van der Waals surface area (Å²) in [6.45, 7) is 2.20. The first-order valence-electron chi connectivity index (χ1n) is 8.80. The smallest absolute Gasteiger partial charge is 0.303 e. The van der Waals surface area contributed by atoms with Gasteiger partial charge < -0.3 is 15.3 Å². The van der Waals surface area contributed by atoms with Gasteiger partial charge in [0.1, 0.15) is 0 Å². The molecule has 0 aliphatic carbocycles. The summed E-state index contributed by atoms with van der Waals surface area (Å²) >= 11 is 0. The van der Waals surface area contributed by atoms with E-state index in [4.69, 9.17) is 5.11 Å². The van der Waals surface area contributed by atoms with Crippen LogP contribution in [0.15, 0.2) is 48.6 Å². The fourth-order valence-electron chi connectivity index (χ4n) is 2.03. The minimum absolute atomic E-state index is 0.00520. The van der Waals surface area contributed by atoms with Crippen LogP contribution in [0.5, 0.6) is 0 Å². The van der Waals surface area contributed by atoms with Crippen LogP contribution in [-0.4, -0.2) is 33.5 Å². The van der Waals surface area contributed by atoms with E-state index in [9.17, 15) is 15.0 Å². The Morgan fingerprint density at radius 2 is 1.71 bits per heavy atom. The van der Waals surface area contributed by atoms with Crippen molar-refractivity contribution in [3.05, 3.63) is 48.6 Å². The highest BCUT2D eigenvalue weighted by molar-refractivity contribution is 5.66. The van der Waals surface area contributed by atoms with E-state index in [1.807, 2.05) is 12.2 Å². The molecule has 0 aromatic heterocycles. The van der Waals surface area contributed by atoms with Crippen LogP contribution in [0.25, 0.3) is 0 Å². The Hall–Kier alpha value is -1.65. The predicted octanol–water partition coefficient (Wildman–Crippen LogP) is 4.16. The van der Waals surface area contributed by atoms with E-state index < -0.39 is 18.2 Å². The summed E-state index contributed by atoms with van der Waals surface area (Å²) in [5.74, 6) is -0.891. The molecule has 0 amide bonds. The molecule has 0 rings (SSSR count). The average molecular weight is 336 g/mol. The number of carboxylic acids is 1. The quantitative estimate of drug-likeness (QED) is 0.253. The summed E-state index contributed by atoms with van der Waals surface area (Å²) in [5, 5.41) is 27.9. The fraction of sp³-hybridized carbons (Fsp3) is 0.550. The average Bonchev–Trinajstić information content (AvgIpc) is 2.55. The first kappa shape index (κ1) is 22.4. The lowest BCUT2D eigenvalue weighted by molar-refractivity contribution is -0.137. The highest BCUT2D eigenvalue weighted by atomic mass is 16.4. The summed E-state index contributed by atoms with van der Waals surface area (Å²) < 4.78 is 0. The van der Waals surface area contributed by atoms with Gasteiger partial charge in [-0.2, -0.15) is 0 Å². The molecule has 0 aliphatic rings. The molecule has 0 aromatic rings. The van der Waals surface area contributed by atoms with Gasteiger partial charge >= 0.3 is 5.97 Å². The van der Waals surface area contributed by atoms with Crippen LogP contribution in [0.1, 0.15) is 58.3 Å². The van der Waals surface area contributed by atoms with Crippen LogP contribution < -0.4 is 0 Å². The second-order valence-electron chi connectivity index (χ2n) is 5.74. The highest BCUT2D eigenvalue weighted by Crippen LogP contribution is 2.06. The minimum Gasteiger partial charge on any atom is -0.481 e. The molecule has 0 bridgehead atoms. The van der Waals surface area contributed by atoms with Crippen LogP contribution in [0.4, 0.5) is 0 Å². The maximum atomic E-state index is 10.4. The Labute approximate surface area is 145 Å². The molecule has 0 saturated carbocycles. The number of aliphatic hydroxyl groups is 2. The molecule has 3 N–H and O–H groups in total. The minimum atomic E-state index is -0.974. The number of aliphatic hydroxyl groups excluding tert-OH is 2. The summed E-state index contributed by atoms with van der Waals surface area (Å²) in [5.41, 5.74) is 0. The zero-order valence-corrected chi connectivity index (χ0v) is 14.7. The van der Waals surface area contributed by atoms with Crippen LogP contribution in [-0.2, 0) is 4.79 Å². The first-order chi connectivity index (χ1) is 11.6. The molecule has 4 nitrogen and oxygen atoms in total. The molecule has 0 heterocycles. The molecular formula is C20H32O4. The Morgan fingerprint density at radius 1 is 0.958 bits per heavy atom. The number of aliphatic carboxylic acids is 1. The van der Waals surface area contributed by atoms with Gasteiger partial charge in [-0.25, -0.2) is 0 Å². The monoisotopic (exact) mass is 336 g/mol. The molecule has 0 radical (unpaired) electrons. The van der Waals surface area contributed by atoms with Crippen molar-refractivity contribution in [3.8, 4) is 0 Å². The van der Waals surface area contributed by atoms with E-state index in [1.54, 1.807) is 12.2 Å². The van der Waals surface area contributed by atoms with E-state index in [1.165, 1.54) is 25.3 Å². The Balaban J connectivity index is 3.81. The summed E-state index contributed by atoms with van der Waals surface area (Å²) in [7, 11) is 0. The number of rotatable bonds is 14. The van der Waals surface area contributed by atoms with E-state index >= 15 is 0 Å². The van der Waals surface area contributed by atoms with Gasteiger partial charge in [-0.1, -0.05) is 68.4 Å². The van der Waals surface area contributed by atoms with E-state index in [-0.39, 0.29) is 12.8 Å². The topological polar surface area (TPSA) is 77.8 Å². The van der Waals surface area contributed by atoms with Gasteiger partial charge in [-0.15, -0.1) is 0 Å². The third-order valence-corrected chi connectivity index (χ3v) is 3.48. The number of carboxylic acid groups (broad SMARTS) is 1. The van der Waals surface area contributed by atoms with Gasteiger partial charge in [0.15, 0.2) is 0 Å². The second-order valence-corrected chi connectivity index (χ2v) is 5.74. The standard InChI is InChI=1S/C20H32O4/c1-2-3-4-5-6-7-8-9-10-11-12-13-15-18(21)19(22)16-14-17-20(23)24/h6-7,9-13,15,18-19,21-22H,2-5,8,14,16-17H2,1H3,(H,23,24)/b7-6+,10-9+,12-11+,15-13-/t18-,19+/m1/s1. The third kappa shape index (κ3) is 15.3. The zero-order chi connectivity index (χ0) is 18.0. The number of hydrogen-bond donors (Lipinski definition) is 3. The van der Waals surface area contributed by atoms with Crippen molar-refractivity contribution < 1.29 is 20.1 Å². The molecule has 136 valence electrons. The lowest BCUT2D eigenvalue weighted by atomic mass is 10.1. The summed E-state index contributed by atoms with van der Waals surface area (Å²) in [6.07, 6.45) is 19.8. The molecular weight excluding hydrogens is 304 g/mol. The Morgan fingerprint density at radius 3 is 2.42 bits per heavy atom. The molecule has 0 fully saturated rings. The Bertz CT molecular complexity index is 421. The molecule has 24 heavy (non-hydrogen) atoms. The summed E-state index contributed by atoms with van der Waals surface area (Å²) in [4.78, 5) is 10.4. The van der Waals surface area contributed by atoms with Gasteiger partial charge in [0.25, 0.3) is 0 Å². The van der Waals surface area contributed by atoms with Crippen molar-refractivity contribution in [3.63, 3.8) is 0 Å². The largest absolute Gasteiger partial charge is 0.481 e. The maximum Gasteiger partial charge on any atom is 0.303 e.